The van der Waals surface area contributed by atoms with Gasteiger partial charge in [-0.05, 0) is 32.2 Å². The maximum absolute atomic E-state index is 10.4. The number of carbonyl (C=O) groups is 1. The van der Waals surface area contributed by atoms with Crippen LogP contribution in [-0.2, 0) is 9.53 Å². The highest BCUT2D eigenvalue weighted by molar-refractivity contribution is 5.76. The number of nitrogens with one attached hydrogen (secondary N) is 2. The highest BCUT2D eigenvalue weighted by atomic mass is 16.5. The first-order chi connectivity index (χ1) is 8.67. The lowest BCUT2D eigenvalue weighted by Crippen LogP contribution is -2.45. The first kappa shape index (κ1) is 15.4. The fourth-order valence-corrected chi connectivity index (χ4v) is 1.64. The van der Waals surface area contributed by atoms with Gasteiger partial charge in [-0.25, -0.2) is 0 Å². The second-order valence-electron chi connectivity index (χ2n) is 4.73. The number of aliphatic hydroxyl groups is 2. The van der Waals surface area contributed by atoms with E-state index in [1.807, 2.05) is 7.05 Å². The van der Waals surface area contributed by atoms with Crippen LogP contribution in [0.15, 0.2) is 0 Å². The summed E-state index contributed by atoms with van der Waals surface area (Å²) in [5, 5.41) is 23.1. The molecule has 1 aliphatic carbocycles. The Labute approximate surface area is 108 Å². The summed E-state index contributed by atoms with van der Waals surface area (Å²) >= 11 is 0. The Balaban J connectivity index is 0.000000180. The van der Waals surface area contributed by atoms with Gasteiger partial charge in [0.05, 0.1) is 18.8 Å². The second kappa shape index (κ2) is 8.42. The molecule has 0 spiro atoms. The standard InChI is InChI=1S/C6H13NO2.C6H11NO2/c1-7-5-4-9-3-2-6(5)8;8-4-6(9)7-3-5-1-2-5/h5-8H,2-4H2,1H3;5,8H,1-4H2,(H,7,9). The van der Waals surface area contributed by atoms with Gasteiger partial charge in [-0.1, -0.05) is 0 Å². The van der Waals surface area contributed by atoms with Gasteiger partial charge in [0.2, 0.25) is 5.91 Å². The molecule has 0 aromatic rings. The molecule has 2 rings (SSSR count). The lowest BCUT2D eigenvalue weighted by molar-refractivity contribution is -0.123. The van der Waals surface area contributed by atoms with Crippen LogP contribution in [-0.4, -0.2) is 61.7 Å². The third kappa shape index (κ3) is 6.30. The molecule has 6 heteroatoms. The number of amides is 1. The summed E-state index contributed by atoms with van der Waals surface area (Å²) in [5.74, 6) is 0.433. The molecule has 4 N–H and O–H groups in total. The Kier molecular flexibility index (Phi) is 7.19. The van der Waals surface area contributed by atoms with Crippen molar-refractivity contribution in [1.29, 1.82) is 0 Å². The van der Waals surface area contributed by atoms with E-state index in [4.69, 9.17) is 9.84 Å². The van der Waals surface area contributed by atoms with E-state index >= 15 is 0 Å². The van der Waals surface area contributed by atoms with Gasteiger partial charge in [0.25, 0.3) is 0 Å². The number of likely N-dealkylation sites (N-methyl/N-ethyl adjacent to an activating group) is 1. The summed E-state index contributed by atoms with van der Waals surface area (Å²) in [6, 6.07) is 0.138. The minimum absolute atomic E-state index is 0.138. The number of rotatable bonds is 4. The Morgan fingerprint density at radius 2 is 2.11 bits per heavy atom. The lowest BCUT2D eigenvalue weighted by Gasteiger charge is -2.26. The van der Waals surface area contributed by atoms with Crippen LogP contribution in [0.2, 0.25) is 0 Å². The maximum atomic E-state index is 10.4. The zero-order chi connectivity index (χ0) is 13.4. The van der Waals surface area contributed by atoms with Gasteiger partial charge in [0.1, 0.15) is 6.61 Å². The van der Waals surface area contributed by atoms with Crippen molar-refractivity contribution in [3.8, 4) is 0 Å². The van der Waals surface area contributed by atoms with Gasteiger partial charge in [0.15, 0.2) is 0 Å². The van der Waals surface area contributed by atoms with Crippen LogP contribution in [0.3, 0.4) is 0 Å². The van der Waals surface area contributed by atoms with Crippen molar-refractivity contribution in [2.24, 2.45) is 5.92 Å². The van der Waals surface area contributed by atoms with Gasteiger partial charge in [-0.3, -0.25) is 4.79 Å². The zero-order valence-electron chi connectivity index (χ0n) is 10.9. The third-order valence-corrected chi connectivity index (χ3v) is 3.12. The highest BCUT2D eigenvalue weighted by Gasteiger charge is 2.21. The van der Waals surface area contributed by atoms with E-state index in [1.165, 1.54) is 12.8 Å². The number of hydrogen-bond acceptors (Lipinski definition) is 5. The largest absolute Gasteiger partial charge is 0.391 e. The van der Waals surface area contributed by atoms with Crippen LogP contribution in [0.1, 0.15) is 19.3 Å². The van der Waals surface area contributed by atoms with Crippen molar-refractivity contribution < 1.29 is 19.7 Å². The summed E-state index contributed by atoms with van der Waals surface area (Å²) in [5.41, 5.74) is 0. The lowest BCUT2D eigenvalue weighted by atomic mass is 10.1. The predicted octanol–water partition coefficient (Wildman–Crippen LogP) is -1.14. The van der Waals surface area contributed by atoms with E-state index in [9.17, 15) is 9.90 Å². The molecule has 1 saturated heterocycles. The van der Waals surface area contributed by atoms with Gasteiger partial charge in [0, 0.05) is 13.2 Å². The summed E-state index contributed by atoms with van der Waals surface area (Å²) in [7, 11) is 1.84. The molecule has 2 aliphatic rings. The molecule has 2 unspecified atom stereocenters. The Morgan fingerprint density at radius 1 is 1.39 bits per heavy atom. The number of carbonyl (C=O) groups excluding carboxylic acids is 1. The van der Waals surface area contributed by atoms with Crippen LogP contribution in [0.25, 0.3) is 0 Å². The molecule has 2 fully saturated rings. The molecular formula is C12H24N2O4. The molecule has 1 saturated carbocycles. The quantitative estimate of drug-likeness (QED) is 0.513. The highest BCUT2D eigenvalue weighted by Crippen LogP contribution is 2.27. The average Bonchev–Trinajstić information content (AvgIpc) is 3.21. The fourth-order valence-electron chi connectivity index (χ4n) is 1.64. The van der Waals surface area contributed by atoms with Crippen LogP contribution in [0.4, 0.5) is 0 Å². The van der Waals surface area contributed by atoms with Gasteiger partial charge in [-0.2, -0.15) is 0 Å². The number of hydrogen-bond donors (Lipinski definition) is 4. The van der Waals surface area contributed by atoms with Crippen molar-refractivity contribution in [3.05, 3.63) is 0 Å². The molecule has 0 aromatic heterocycles. The number of ether oxygens (including phenoxy) is 1. The molecule has 0 radical (unpaired) electrons. The average molecular weight is 260 g/mol. The zero-order valence-corrected chi connectivity index (χ0v) is 10.9. The van der Waals surface area contributed by atoms with E-state index in [2.05, 4.69) is 10.6 Å². The normalized spacial score (nSPS) is 27.1. The van der Waals surface area contributed by atoms with Crippen molar-refractivity contribution in [1.82, 2.24) is 10.6 Å². The summed E-state index contributed by atoms with van der Waals surface area (Å²) < 4.78 is 5.12. The van der Waals surface area contributed by atoms with E-state index in [-0.39, 0.29) is 24.7 Å². The molecule has 0 aromatic carbocycles. The van der Waals surface area contributed by atoms with Crippen molar-refractivity contribution in [3.63, 3.8) is 0 Å². The Bertz CT molecular complexity index is 246. The van der Waals surface area contributed by atoms with Crippen molar-refractivity contribution in [2.75, 3.05) is 33.4 Å². The molecule has 6 nitrogen and oxygen atoms in total. The van der Waals surface area contributed by atoms with Crippen molar-refractivity contribution in [2.45, 2.75) is 31.4 Å². The topological polar surface area (TPSA) is 90.8 Å². The first-order valence-corrected chi connectivity index (χ1v) is 6.48. The fraction of sp³-hybridized carbons (Fsp3) is 0.917. The Hall–Kier alpha value is -0.690. The second-order valence-corrected chi connectivity index (χ2v) is 4.73. The smallest absolute Gasteiger partial charge is 0.245 e. The first-order valence-electron chi connectivity index (χ1n) is 6.48. The molecule has 18 heavy (non-hydrogen) atoms. The molecule has 1 heterocycles. The van der Waals surface area contributed by atoms with Crippen LogP contribution in [0, 0.1) is 5.92 Å². The molecule has 1 aliphatic heterocycles. The minimum Gasteiger partial charge on any atom is -0.391 e. The Morgan fingerprint density at radius 3 is 2.56 bits per heavy atom. The van der Waals surface area contributed by atoms with Gasteiger partial charge < -0.3 is 25.6 Å². The van der Waals surface area contributed by atoms with E-state index in [1.54, 1.807) is 0 Å². The molecule has 0 bridgehead atoms. The monoisotopic (exact) mass is 260 g/mol. The van der Waals surface area contributed by atoms with Crippen molar-refractivity contribution >= 4 is 5.91 Å². The van der Waals surface area contributed by atoms with E-state index in [0.29, 0.717) is 19.1 Å². The summed E-state index contributed by atoms with van der Waals surface area (Å²) in [4.78, 5) is 10.4. The molecule has 106 valence electrons. The third-order valence-electron chi connectivity index (χ3n) is 3.12. The summed E-state index contributed by atoms with van der Waals surface area (Å²) in [6.07, 6.45) is 2.99. The SMILES string of the molecule is CNC1COCCC1O.O=C(CO)NCC1CC1. The minimum atomic E-state index is -0.382. The van der Waals surface area contributed by atoms with Crippen LogP contribution < -0.4 is 10.6 Å². The van der Waals surface area contributed by atoms with Gasteiger partial charge >= 0.3 is 0 Å². The maximum Gasteiger partial charge on any atom is 0.245 e. The van der Waals surface area contributed by atoms with Gasteiger partial charge in [-0.15, -0.1) is 0 Å². The number of aliphatic hydroxyl groups excluding tert-OH is 2. The van der Waals surface area contributed by atoms with E-state index in [0.717, 1.165) is 13.0 Å². The summed E-state index contributed by atoms with van der Waals surface area (Å²) in [6.45, 7) is 1.70. The van der Waals surface area contributed by atoms with Crippen LogP contribution >= 0.6 is 0 Å². The molecule has 1 amide bonds. The van der Waals surface area contributed by atoms with E-state index < -0.39 is 0 Å². The molecule has 2 atom stereocenters. The van der Waals surface area contributed by atoms with Crippen LogP contribution in [0.5, 0.6) is 0 Å². The molecular weight excluding hydrogens is 236 g/mol. The predicted molar refractivity (Wildman–Crippen MR) is 67.1 cm³/mol.